The van der Waals surface area contributed by atoms with Crippen LogP contribution in [-0.2, 0) is 16.1 Å². The predicted octanol–water partition coefficient (Wildman–Crippen LogP) is 2.48. The monoisotopic (exact) mass is 306 g/mol. The normalized spacial score (nSPS) is 21.0. The Kier molecular flexibility index (Phi) is 3.45. The molecule has 1 aliphatic carbocycles. The molecule has 21 heavy (non-hydrogen) atoms. The van der Waals surface area contributed by atoms with Crippen LogP contribution >= 0.6 is 11.6 Å². The predicted molar refractivity (Wildman–Crippen MR) is 76.4 cm³/mol. The number of hydrogen-bond donors (Lipinski definition) is 1. The molecule has 0 atom stereocenters. The minimum Gasteiger partial charge on any atom is -0.277 e. The van der Waals surface area contributed by atoms with Crippen LogP contribution in [0.5, 0.6) is 0 Å². The van der Waals surface area contributed by atoms with E-state index in [0.717, 1.165) is 23.3 Å². The Labute approximate surface area is 127 Å². The van der Waals surface area contributed by atoms with E-state index >= 15 is 0 Å². The number of nitrogens with one attached hydrogen (secondary N) is 1. The molecule has 6 heteroatoms. The molecule has 2 fully saturated rings. The number of nitrogens with zero attached hydrogens (tertiary/aromatic N) is 1. The number of rotatable bonds is 2. The maximum absolute atomic E-state index is 12.7. The topological polar surface area (TPSA) is 66.5 Å². The first-order valence-corrected chi connectivity index (χ1v) is 7.32. The number of barbiturate groups is 1. The summed E-state index contributed by atoms with van der Waals surface area (Å²) >= 11 is 5.82. The maximum Gasteiger partial charge on any atom is 0.331 e. The molecule has 1 saturated carbocycles. The summed E-state index contributed by atoms with van der Waals surface area (Å²) in [7, 11) is 0. The third-order valence-corrected chi connectivity index (χ3v) is 4.52. The van der Waals surface area contributed by atoms with Gasteiger partial charge in [0.1, 0.15) is 5.41 Å². The molecule has 2 aliphatic rings. The molecule has 1 N–H and O–H groups in total. The number of carbonyl (C=O) groups excluding carboxylic acids is 3. The average molecular weight is 307 g/mol. The zero-order valence-corrected chi connectivity index (χ0v) is 12.2. The van der Waals surface area contributed by atoms with Gasteiger partial charge in [0.25, 0.3) is 0 Å². The second-order valence-electron chi connectivity index (χ2n) is 5.57. The third-order valence-electron chi connectivity index (χ3n) is 4.27. The van der Waals surface area contributed by atoms with Crippen LogP contribution in [0.3, 0.4) is 0 Å². The highest BCUT2D eigenvalue weighted by molar-refractivity contribution is 6.30. The number of urea groups is 1. The van der Waals surface area contributed by atoms with Crippen molar-refractivity contribution in [3.8, 4) is 0 Å². The molecule has 4 amide bonds. The van der Waals surface area contributed by atoms with E-state index in [1.54, 1.807) is 24.3 Å². The summed E-state index contributed by atoms with van der Waals surface area (Å²) in [5.41, 5.74) is -0.245. The lowest BCUT2D eigenvalue weighted by atomic mass is 9.82. The largest absolute Gasteiger partial charge is 0.331 e. The summed E-state index contributed by atoms with van der Waals surface area (Å²) in [5, 5.41) is 2.92. The Morgan fingerprint density at radius 3 is 2.33 bits per heavy atom. The van der Waals surface area contributed by atoms with Crippen LogP contribution in [0.25, 0.3) is 0 Å². The van der Waals surface area contributed by atoms with E-state index in [1.807, 2.05) is 0 Å². The summed E-state index contributed by atoms with van der Waals surface area (Å²) in [4.78, 5) is 37.9. The van der Waals surface area contributed by atoms with Crippen molar-refractivity contribution in [3.63, 3.8) is 0 Å². The van der Waals surface area contributed by atoms with E-state index in [-0.39, 0.29) is 12.5 Å². The Hall–Kier alpha value is -1.88. The van der Waals surface area contributed by atoms with E-state index in [4.69, 9.17) is 11.6 Å². The number of hydrogen-bond acceptors (Lipinski definition) is 3. The fourth-order valence-electron chi connectivity index (χ4n) is 3.07. The highest BCUT2D eigenvalue weighted by Crippen LogP contribution is 2.42. The molecular formula is C15H15ClN2O3. The molecule has 0 unspecified atom stereocenters. The quantitative estimate of drug-likeness (QED) is 0.854. The number of halogens is 1. The van der Waals surface area contributed by atoms with Crippen LogP contribution in [0.15, 0.2) is 24.3 Å². The molecule has 1 spiro atoms. The lowest BCUT2D eigenvalue weighted by molar-refractivity contribution is -0.151. The molecule has 5 nitrogen and oxygen atoms in total. The number of carbonyl (C=O) groups is 3. The molecular weight excluding hydrogens is 292 g/mol. The first-order valence-electron chi connectivity index (χ1n) is 6.95. The van der Waals surface area contributed by atoms with Gasteiger partial charge in [-0.3, -0.25) is 19.8 Å². The van der Waals surface area contributed by atoms with Crippen LogP contribution in [0.2, 0.25) is 5.02 Å². The first-order chi connectivity index (χ1) is 10.0. The average Bonchev–Trinajstić information content (AvgIpc) is 2.95. The molecule has 0 radical (unpaired) electrons. The van der Waals surface area contributed by atoms with Crippen LogP contribution in [0.1, 0.15) is 31.2 Å². The molecule has 1 aromatic carbocycles. The Morgan fingerprint density at radius 2 is 1.71 bits per heavy atom. The smallest absolute Gasteiger partial charge is 0.277 e. The Bertz CT molecular complexity index is 606. The van der Waals surface area contributed by atoms with Crippen LogP contribution in [0.4, 0.5) is 4.79 Å². The van der Waals surface area contributed by atoms with Crippen LogP contribution in [-0.4, -0.2) is 22.7 Å². The summed E-state index contributed by atoms with van der Waals surface area (Å²) in [6.07, 6.45) is 2.70. The van der Waals surface area contributed by atoms with E-state index in [1.165, 1.54) is 0 Å². The second-order valence-corrected chi connectivity index (χ2v) is 6.00. The molecule has 1 aromatic rings. The van der Waals surface area contributed by atoms with Crippen molar-refractivity contribution in [3.05, 3.63) is 34.9 Å². The van der Waals surface area contributed by atoms with E-state index in [0.29, 0.717) is 17.9 Å². The van der Waals surface area contributed by atoms with E-state index < -0.39 is 17.4 Å². The highest BCUT2D eigenvalue weighted by Gasteiger charge is 2.54. The van der Waals surface area contributed by atoms with Crippen LogP contribution in [0, 0.1) is 5.41 Å². The van der Waals surface area contributed by atoms with Crippen molar-refractivity contribution in [2.24, 2.45) is 5.41 Å². The molecule has 110 valence electrons. The van der Waals surface area contributed by atoms with Gasteiger partial charge >= 0.3 is 6.03 Å². The van der Waals surface area contributed by atoms with Crippen molar-refractivity contribution >= 4 is 29.4 Å². The minimum absolute atomic E-state index is 0.150. The summed E-state index contributed by atoms with van der Waals surface area (Å²) in [6, 6.07) is 6.30. The van der Waals surface area contributed by atoms with Crippen molar-refractivity contribution in [2.45, 2.75) is 32.2 Å². The van der Waals surface area contributed by atoms with Crippen molar-refractivity contribution < 1.29 is 14.4 Å². The van der Waals surface area contributed by atoms with E-state index in [2.05, 4.69) is 5.32 Å². The van der Waals surface area contributed by atoms with E-state index in [9.17, 15) is 14.4 Å². The minimum atomic E-state index is -1.04. The molecule has 3 rings (SSSR count). The van der Waals surface area contributed by atoms with Gasteiger partial charge in [-0.25, -0.2) is 4.79 Å². The van der Waals surface area contributed by atoms with Gasteiger partial charge in [-0.2, -0.15) is 0 Å². The summed E-state index contributed by atoms with van der Waals surface area (Å²) in [6.45, 7) is 0.150. The third kappa shape index (κ3) is 2.31. The van der Waals surface area contributed by atoms with Gasteiger partial charge in [-0.15, -0.1) is 0 Å². The fourth-order valence-corrected chi connectivity index (χ4v) is 3.19. The first kappa shape index (κ1) is 14.1. The van der Waals surface area contributed by atoms with Gasteiger partial charge in [0, 0.05) is 5.02 Å². The number of amides is 4. The molecule has 1 aliphatic heterocycles. The van der Waals surface area contributed by atoms with Gasteiger partial charge in [0.2, 0.25) is 11.8 Å². The molecule has 0 bridgehead atoms. The molecule has 1 saturated heterocycles. The number of benzene rings is 1. The van der Waals surface area contributed by atoms with Gasteiger partial charge in [-0.1, -0.05) is 36.6 Å². The van der Waals surface area contributed by atoms with Crippen molar-refractivity contribution in [2.75, 3.05) is 0 Å². The zero-order chi connectivity index (χ0) is 15.0. The lowest BCUT2D eigenvalue weighted by Gasteiger charge is -2.36. The second kappa shape index (κ2) is 5.15. The standard InChI is InChI=1S/C15H15ClN2O3/c16-11-5-3-10(4-6-11)9-18-13(20)15(7-1-2-8-15)12(19)17-14(18)21/h3-6H,1-2,7-9H2,(H,17,19,21). The maximum atomic E-state index is 12.7. The Morgan fingerprint density at radius 1 is 1.10 bits per heavy atom. The highest BCUT2D eigenvalue weighted by atomic mass is 35.5. The van der Waals surface area contributed by atoms with Crippen molar-refractivity contribution in [1.82, 2.24) is 10.2 Å². The van der Waals surface area contributed by atoms with Gasteiger partial charge in [0.05, 0.1) is 6.54 Å². The van der Waals surface area contributed by atoms with Crippen molar-refractivity contribution in [1.29, 1.82) is 0 Å². The van der Waals surface area contributed by atoms with Crippen LogP contribution < -0.4 is 5.32 Å². The number of imide groups is 2. The van der Waals surface area contributed by atoms with Gasteiger partial charge < -0.3 is 0 Å². The SMILES string of the molecule is O=C1NC(=O)C2(CCCC2)C(=O)N1Cc1ccc(Cl)cc1. The molecule has 1 heterocycles. The van der Waals surface area contributed by atoms with Gasteiger partial charge in [0.15, 0.2) is 0 Å². The summed E-state index contributed by atoms with van der Waals surface area (Å²) in [5.74, 6) is -0.814. The zero-order valence-electron chi connectivity index (χ0n) is 11.4. The summed E-state index contributed by atoms with van der Waals surface area (Å²) < 4.78 is 0. The lowest BCUT2D eigenvalue weighted by Crippen LogP contribution is -2.62. The molecule has 0 aromatic heterocycles. The fraction of sp³-hybridized carbons (Fsp3) is 0.400. The van der Waals surface area contributed by atoms with Gasteiger partial charge in [-0.05, 0) is 30.5 Å². The Balaban J connectivity index is 1.86.